The molecule has 1 N–H and O–H groups in total. The van der Waals surface area contributed by atoms with E-state index >= 15 is 0 Å². The zero-order valence-electron chi connectivity index (χ0n) is 8.67. The molecule has 0 spiro atoms. The second kappa shape index (κ2) is 7.00. The van der Waals surface area contributed by atoms with Crippen molar-refractivity contribution in [2.75, 3.05) is 0 Å². The normalized spacial score (nSPS) is 8.57. The highest BCUT2D eigenvalue weighted by Crippen LogP contribution is 2.02. The van der Waals surface area contributed by atoms with Crippen molar-refractivity contribution in [2.24, 2.45) is 0 Å². The van der Waals surface area contributed by atoms with Gasteiger partial charge in [0.15, 0.2) is 0 Å². The third-order valence-electron chi connectivity index (χ3n) is 1.38. The van der Waals surface area contributed by atoms with Crippen LogP contribution in [0, 0.1) is 5.82 Å². The lowest BCUT2D eigenvalue weighted by atomic mass is 10.2. The van der Waals surface area contributed by atoms with E-state index in [2.05, 4.69) is 10.3 Å². The van der Waals surface area contributed by atoms with Crippen molar-refractivity contribution < 1.29 is 9.18 Å². The molecule has 0 fully saturated rings. The lowest BCUT2D eigenvalue weighted by Crippen LogP contribution is -2.19. The van der Waals surface area contributed by atoms with E-state index < -0.39 is 5.82 Å². The first kappa shape index (κ1) is 12.6. The van der Waals surface area contributed by atoms with E-state index in [9.17, 15) is 9.18 Å². The molecule has 0 aromatic carbocycles. The number of amides is 1. The van der Waals surface area contributed by atoms with Crippen molar-refractivity contribution in [3.8, 4) is 0 Å². The fourth-order valence-corrected chi connectivity index (χ4v) is 0.767. The van der Waals surface area contributed by atoms with E-state index in [1.165, 1.54) is 19.2 Å². The van der Waals surface area contributed by atoms with Crippen LogP contribution in [-0.2, 0) is 11.3 Å². The van der Waals surface area contributed by atoms with Crippen LogP contribution in [0.5, 0.6) is 0 Å². The van der Waals surface area contributed by atoms with Gasteiger partial charge in [0.2, 0.25) is 5.91 Å². The minimum Gasteiger partial charge on any atom is -0.352 e. The summed E-state index contributed by atoms with van der Waals surface area (Å²) in [6.07, 6.45) is 2.61. The number of pyridine rings is 1. The summed E-state index contributed by atoms with van der Waals surface area (Å²) in [5, 5.41) is 2.50. The molecule has 1 aromatic rings. The molecule has 0 atom stereocenters. The minimum absolute atomic E-state index is 0.175. The van der Waals surface area contributed by atoms with Crippen molar-refractivity contribution in [3.05, 3.63) is 29.8 Å². The average Bonchev–Trinajstić information content (AvgIpc) is 2.19. The van der Waals surface area contributed by atoms with Gasteiger partial charge in [-0.2, -0.15) is 0 Å². The molecule has 0 aliphatic rings. The molecule has 14 heavy (non-hydrogen) atoms. The van der Waals surface area contributed by atoms with Crippen molar-refractivity contribution >= 4 is 5.91 Å². The van der Waals surface area contributed by atoms with E-state index in [1.54, 1.807) is 0 Å². The van der Waals surface area contributed by atoms with Crippen LogP contribution in [-0.4, -0.2) is 10.9 Å². The summed E-state index contributed by atoms with van der Waals surface area (Å²) in [7, 11) is 0. The highest BCUT2D eigenvalue weighted by Gasteiger charge is 2.00. The second-order valence-electron chi connectivity index (χ2n) is 2.38. The predicted octanol–water partition coefficient (Wildman–Crippen LogP) is 1.88. The molecule has 0 aliphatic carbocycles. The van der Waals surface area contributed by atoms with E-state index in [4.69, 9.17) is 0 Å². The average molecular weight is 198 g/mol. The van der Waals surface area contributed by atoms with E-state index in [-0.39, 0.29) is 12.5 Å². The van der Waals surface area contributed by atoms with Crippen LogP contribution in [0.25, 0.3) is 0 Å². The maximum atomic E-state index is 12.8. The van der Waals surface area contributed by atoms with E-state index in [1.807, 2.05) is 13.8 Å². The fourth-order valence-electron chi connectivity index (χ4n) is 0.767. The highest BCUT2D eigenvalue weighted by molar-refractivity contribution is 5.72. The van der Waals surface area contributed by atoms with Gasteiger partial charge in [-0.1, -0.05) is 13.8 Å². The largest absolute Gasteiger partial charge is 0.352 e. The Morgan fingerprint density at radius 1 is 1.57 bits per heavy atom. The molecule has 3 nitrogen and oxygen atoms in total. The number of aromatic nitrogens is 1. The SMILES string of the molecule is CC.CC(=O)NCc1ccncc1F. The number of nitrogens with one attached hydrogen (secondary N) is 1. The van der Waals surface area contributed by atoms with Gasteiger partial charge in [-0.25, -0.2) is 4.39 Å². The quantitative estimate of drug-likeness (QED) is 0.788. The molecule has 4 heteroatoms. The maximum Gasteiger partial charge on any atom is 0.217 e. The predicted molar refractivity (Wildman–Crippen MR) is 53.1 cm³/mol. The Kier molecular flexibility index (Phi) is 6.28. The zero-order chi connectivity index (χ0) is 11.0. The van der Waals surface area contributed by atoms with Crippen LogP contribution in [0.4, 0.5) is 4.39 Å². The van der Waals surface area contributed by atoms with Gasteiger partial charge in [0.1, 0.15) is 5.82 Å². The molecule has 1 rings (SSSR count). The molecular weight excluding hydrogens is 183 g/mol. The number of hydrogen-bond donors (Lipinski definition) is 1. The van der Waals surface area contributed by atoms with Gasteiger partial charge >= 0.3 is 0 Å². The summed E-state index contributed by atoms with van der Waals surface area (Å²) in [5.74, 6) is -0.572. The molecule has 0 unspecified atom stereocenters. The summed E-state index contributed by atoms with van der Waals surface area (Å²) >= 11 is 0. The van der Waals surface area contributed by atoms with Crippen molar-refractivity contribution in [2.45, 2.75) is 27.3 Å². The van der Waals surface area contributed by atoms with Gasteiger partial charge in [-0.05, 0) is 6.07 Å². The number of rotatable bonds is 2. The lowest BCUT2D eigenvalue weighted by molar-refractivity contribution is -0.119. The molecule has 78 valence electrons. The molecule has 0 radical (unpaired) electrons. The molecule has 1 aromatic heterocycles. The number of halogens is 1. The van der Waals surface area contributed by atoms with Crippen LogP contribution in [0.15, 0.2) is 18.5 Å². The summed E-state index contributed by atoms with van der Waals surface area (Å²) in [5.41, 5.74) is 0.445. The fraction of sp³-hybridized carbons (Fsp3) is 0.400. The van der Waals surface area contributed by atoms with E-state index in [0.717, 1.165) is 6.20 Å². The first-order valence-electron chi connectivity index (χ1n) is 4.53. The number of carbonyl (C=O) groups is 1. The Morgan fingerprint density at radius 2 is 2.21 bits per heavy atom. The molecule has 1 amide bonds. The van der Waals surface area contributed by atoms with Gasteiger partial charge in [-0.3, -0.25) is 9.78 Å². The van der Waals surface area contributed by atoms with Gasteiger partial charge < -0.3 is 5.32 Å². The van der Waals surface area contributed by atoms with Gasteiger partial charge in [0.05, 0.1) is 6.20 Å². The molecular formula is C10H15FN2O. The monoisotopic (exact) mass is 198 g/mol. The number of hydrogen-bond acceptors (Lipinski definition) is 2. The minimum atomic E-state index is -0.397. The third-order valence-corrected chi connectivity index (χ3v) is 1.38. The standard InChI is InChI=1S/C8H9FN2O.C2H6/c1-6(12)11-4-7-2-3-10-5-8(7)9;1-2/h2-3,5H,4H2,1H3,(H,11,12);1-2H3. The van der Waals surface area contributed by atoms with Gasteiger partial charge in [-0.15, -0.1) is 0 Å². The highest BCUT2D eigenvalue weighted by atomic mass is 19.1. The third kappa shape index (κ3) is 4.54. The first-order valence-corrected chi connectivity index (χ1v) is 4.53. The van der Waals surface area contributed by atoms with Crippen LogP contribution < -0.4 is 5.32 Å². The van der Waals surface area contributed by atoms with Gasteiger partial charge in [0.25, 0.3) is 0 Å². The summed E-state index contributed by atoms with van der Waals surface area (Å²) in [6.45, 7) is 5.60. The Hall–Kier alpha value is -1.45. The maximum absolute atomic E-state index is 12.8. The Bertz CT molecular complexity index is 289. The molecule has 1 heterocycles. The van der Waals surface area contributed by atoms with Crippen LogP contribution >= 0.6 is 0 Å². The number of carbonyl (C=O) groups excluding carboxylic acids is 1. The summed E-state index contributed by atoms with van der Waals surface area (Å²) < 4.78 is 12.8. The molecule has 0 aliphatic heterocycles. The van der Waals surface area contributed by atoms with Crippen LogP contribution in [0.3, 0.4) is 0 Å². The second-order valence-corrected chi connectivity index (χ2v) is 2.38. The van der Waals surface area contributed by atoms with E-state index in [0.29, 0.717) is 5.56 Å². The smallest absolute Gasteiger partial charge is 0.217 e. The Labute approximate surface area is 83.4 Å². The van der Waals surface area contributed by atoms with Crippen molar-refractivity contribution in [1.82, 2.24) is 10.3 Å². The summed E-state index contributed by atoms with van der Waals surface area (Å²) in [6, 6.07) is 1.53. The topological polar surface area (TPSA) is 42.0 Å². The van der Waals surface area contributed by atoms with Crippen molar-refractivity contribution in [3.63, 3.8) is 0 Å². The molecule has 0 bridgehead atoms. The Morgan fingerprint density at radius 3 is 2.71 bits per heavy atom. The number of nitrogens with zero attached hydrogens (tertiary/aromatic N) is 1. The van der Waals surface area contributed by atoms with Crippen LogP contribution in [0.1, 0.15) is 26.3 Å². The molecule has 0 saturated heterocycles. The first-order chi connectivity index (χ1) is 6.70. The molecule has 0 saturated carbocycles. The summed E-state index contributed by atoms with van der Waals surface area (Å²) in [4.78, 5) is 14.1. The van der Waals surface area contributed by atoms with Gasteiger partial charge in [0, 0.05) is 25.2 Å². The van der Waals surface area contributed by atoms with Crippen molar-refractivity contribution in [1.29, 1.82) is 0 Å². The van der Waals surface area contributed by atoms with Crippen LogP contribution in [0.2, 0.25) is 0 Å². The Balaban J connectivity index is 0.000000791. The lowest BCUT2D eigenvalue weighted by Gasteiger charge is -2.01. The zero-order valence-corrected chi connectivity index (χ0v) is 8.67.